The van der Waals surface area contributed by atoms with E-state index in [0.29, 0.717) is 19.1 Å². The van der Waals surface area contributed by atoms with Gasteiger partial charge in [0, 0.05) is 6.61 Å². The van der Waals surface area contributed by atoms with Crippen LogP contribution in [-0.4, -0.2) is 30.2 Å². The van der Waals surface area contributed by atoms with Gasteiger partial charge in [-0.3, -0.25) is 4.79 Å². The maximum atomic E-state index is 11.7. The number of hydrogen-bond acceptors (Lipinski definition) is 3. The molecule has 0 aromatic heterocycles. The Kier molecular flexibility index (Phi) is 7.25. The monoisotopic (exact) mass is 246 g/mol. The van der Waals surface area contributed by atoms with Crippen molar-refractivity contribution >= 4 is 23.1 Å². The summed E-state index contributed by atoms with van der Waals surface area (Å²) in [6.45, 7) is 8.87. The molecular weight excluding hydrogens is 224 g/mol. The van der Waals surface area contributed by atoms with Gasteiger partial charge in [0.25, 0.3) is 0 Å². The van der Waals surface area contributed by atoms with Crippen LogP contribution in [0, 0.1) is 11.8 Å². The van der Waals surface area contributed by atoms with Crippen molar-refractivity contribution in [1.29, 1.82) is 0 Å². The Morgan fingerprint density at radius 1 is 1.44 bits per heavy atom. The minimum atomic E-state index is -0.433. The van der Waals surface area contributed by atoms with Crippen LogP contribution >= 0.6 is 12.2 Å². The van der Waals surface area contributed by atoms with E-state index < -0.39 is 5.92 Å². The summed E-state index contributed by atoms with van der Waals surface area (Å²) in [5.41, 5.74) is 5.43. The maximum absolute atomic E-state index is 11.7. The smallest absolute Gasteiger partial charge is 0.229 e. The van der Waals surface area contributed by atoms with Gasteiger partial charge in [-0.2, -0.15) is 0 Å². The number of carbonyl (C=O) groups excluding carboxylic acids is 1. The number of hydrogen-bond donors (Lipinski definition) is 2. The van der Waals surface area contributed by atoms with Crippen LogP contribution in [-0.2, 0) is 9.53 Å². The molecule has 4 nitrogen and oxygen atoms in total. The van der Waals surface area contributed by atoms with Gasteiger partial charge in [-0.05, 0) is 19.8 Å². The van der Waals surface area contributed by atoms with Gasteiger partial charge in [0.1, 0.15) is 0 Å². The Morgan fingerprint density at radius 2 is 2.00 bits per heavy atom. The first kappa shape index (κ1) is 15.3. The van der Waals surface area contributed by atoms with Crippen molar-refractivity contribution in [2.75, 3.05) is 13.2 Å². The van der Waals surface area contributed by atoms with Gasteiger partial charge in [0.05, 0.1) is 23.6 Å². The topological polar surface area (TPSA) is 64.3 Å². The van der Waals surface area contributed by atoms with Crippen LogP contribution in [0.3, 0.4) is 0 Å². The quantitative estimate of drug-likeness (QED) is 0.660. The Hall–Kier alpha value is -0.680. The van der Waals surface area contributed by atoms with Gasteiger partial charge in [-0.15, -0.1) is 0 Å². The molecule has 0 aromatic rings. The highest BCUT2D eigenvalue weighted by molar-refractivity contribution is 7.80. The van der Waals surface area contributed by atoms with E-state index in [9.17, 15) is 4.79 Å². The molecule has 0 fully saturated rings. The van der Waals surface area contributed by atoms with Crippen LogP contribution in [0.1, 0.15) is 27.7 Å². The fraction of sp³-hybridized carbons (Fsp3) is 0.818. The van der Waals surface area contributed by atoms with Gasteiger partial charge < -0.3 is 15.8 Å². The summed E-state index contributed by atoms with van der Waals surface area (Å²) < 4.78 is 5.32. The van der Waals surface area contributed by atoms with Crippen molar-refractivity contribution in [3.8, 4) is 0 Å². The molecule has 0 rings (SSSR count). The van der Waals surface area contributed by atoms with Crippen molar-refractivity contribution in [3.05, 3.63) is 0 Å². The number of carbonyl (C=O) groups is 1. The summed E-state index contributed by atoms with van der Waals surface area (Å²) >= 11 is 4.79. The third kappa shape index (κ3) is 5.42. The SMILES string of the molecule is CCOCC(NC(=O)C(C)C(N)=S)C(C)C. The number of nitrogens with one attached hydrogen (secondary N) is 1. The first-order valence-electron chi connectivity index (χ1n) is 5.57. The average molecular weight is 246 g/mol. The molecule has 2 unspecified atom stereocenters. The van der Waals surface area contributed by atoms with E-state index in [1.807, 2.05) is 20.8 Å². The molecule has 16 heavy (non-hydrogen) atoms. The molecule has 0 saturated heterocycles. The highest BCUT2D eigenvalue weighted by atomic mass is 32.1. The normalized spacial score (nSPS) is 14.6. The largest absolute Gasteiger partial charge is 0.393 e. The molecule has 0 aromatic carbocycles. The van der Waals surface area contributed by atoms with Crippen molar-refractivity contribution in [3.63, 3.8) is 0 Å². The Labute approximate surface area is 103 Å². The van der Waals surface area contributed by atoms with Gasteiger partial charge in [-0.1, -0.05) is 26.1 Å². The minimum Gasteiger partial charge on any atom is -0.393 e. The molecule has 2 atom stereocenters. The zero-order valence-corrected chi connectivity index (χ0v) is 11.3. The molecule has 0 heterocycles. The fourth-order valence-corrected chi connectivity index (χ4v) is 1.19. The predicted molar refractivity (Wildman–Crippen MR) is 69.2 cm³/mol. The summed E-state index contributed by atoms with van der Waals surface area (Å²) in [5.74, 6) is -0.252. The van der Waals surface area contributed by atoms with Gasteiger partial charge >= 0.3 is 0 Å². The molecule has 0 spiro atoms. The molecule has 3 N–H and O–H groups in total. The summed E-state index contributed by atoms with van der Waals surface area (Å²) in [6, 6.07) is 0.00394. The van der Waals surface area contributed by atoms with Crippen molar-refractivity contribution < 1.29 is 9.53 Å². The summed E-state index contributed by atoms with van der Waals surface area (Å²) in [5, 5.41) is 2.90. The first-order valence-corrected chi connectivity index (χ1v) is 5.98. The molecule has 1 amide bonds. The van der Waals surface area contributed by atoms with E-state index in [2.05, 4.69) is 5.32 Å². The number of thiocarbonyl (C=S) groups is 1. The van der Waals surface area contributed by atoms with E-state index in [0.717, 1.165) is 0 Å². The molecule has 5 heteroatoms. The van der Waals surface area contributed by atoms with E-state index in [1.54, 1.807) is 6.92 Å². The van der Waals surface area contributed by atoms with Crippen molar-refractivity contribution in [2.45, 2.75) is 33.7 Å². The Bertz CT molecular complexity index is 244. The zero-order valence-electron chi connectivity index (χ0n) is 10.4. The highest BCUT2D eigenvalue weighted by Gasteiger charge is 2.21. The first-order chi connectivity index (χ1) is 7.40. The minimum absolute atomic E-state index is 0.00394. The van der Waals surface area contributed by atoms with Crippen LogP contribution in [0.25, 0.3) is 0 Å². The second kappa shape index (κ2) is 7.57. The molecule has 94 valence electrons. The van der Waals surface area contributed by atoms with Crippen LogP contribution in [0.5, 0.6) is 0 Å². The maximum Gasteiger partial charge on any atom is 0.229 e. The number of ether oxygens (including phenoxy) is 1. The second-order valence-corrected chi connectivity index (χ2v) is 4.61. The van der Waals surface area contributed by atoms with Gasteiger partial charge in [0.15, 0.2) is 0 Å². The van der Waals surface area contributed by atoms with Crippen LogP contribution in [0.4, 0.5) is 0 Å². The van der Waals surface area contributed by atoms with Crippen LogP contribution < -0.4 is 11.1 Å². The molecule has 0 aliphatic carbocycles. The lowest BCUT2D eigenvalue weighted by atomic mass is 10.0. The molecule has 0 saturated carbocycles. The highest BCUT2D eigenvalue weighted by Crippen LogP contribution is 2.04. The molecule has 0 bridgehead atoms. The predicted octanol–water partition coefficient (Wildman–Crippen LogP) is 1.09. The molecule has 0 radical (unpaired) electrons. The lowest BCUT2D eigenvalue weighted by Crippen LogP contribution is -2.46. The van der Waals surface area contributed by atoms with Gasteiger partial charge in [0.2, 0.25) is 5.91 Å². The lowest BCUT2D eigenvalue weighted by Gasteiger charge is -2.23. The lowest BCUT2D eigenvalue weighted by molar-refractivity contribution is -0.124. The zero-order chi connectivity index (χ0) is 12.7. The number of amides is 1. The number of nitrogens with two attached hydrogens (primary N) is 1. The Morgan fingerprint density at radius 3 is 2.38 bits per heavy atom. The molecule has 0 aliphatic rings. The summed E-state index contributed by atoms with van der Waals surface area (Å²) in [7, 11) is 0. The van der Waals surface area contributed by atoms with Crippen molar-refractivity contribution in [1.82, 2.24) is 5.32 Å². The molecular formula is C11H22N2O2S. The third-order valence-corrected chi connectivity index (χ3v) is 2.81. The van der Waals surface area contributed by atoms with Crippen LogP contribution in [0.15, 0.2) is 0 Å². The summed E-state index contributed by atoms with van der Waals surface area (Å²) in [6.07, 6.45) is 0. The van der Waals surface area contributed by atoms with E-state index >= 15 is 0 Å². The van der Waals surface area contributed by atoms with Crippen molar-refractivity contribution in [2.24, 2.45) is 17.6 Å². The summed E-state index contributed by atoms with van der Waals surface area (Å²) in [4.78, 5) is 11.9. The van der Waals surface area contributed by atoms with Gasteiger partial charge in [-0.25, -0.2) is 0 Å². The van der Waals surface area contributed by atoms with E-state index in [1.165, 1.54) is 0 Å². The third-order valence-electron chi connectivity index (χ3n) is 2.45. The number of rotatable bonds is 7. The van der Waals surface area contributed by atoms with E-state index in [4.69, 9.17) is 22.7 Å². The van der Waals surface area contributed by atoms with E-state index in [-0.39, 0.29) is 16.9 Å². The Balaban J connectivity index is 4.28. The molecule has 0 aliphatic heterocycles. The second-order valence-electron chi connectivity index (χ2n) is 4.14. The average Bonchev–Trinajstić information content (AvgIpc) is 2.21. The fourth-order valence-electron chi connectivity index (χ4n) is 1.08. The standard InChI is InChI=1S/C11H22N2O2S/c1-5-15-6-9(7(2)3)13-11(14)8(4)10(12)16/h7-9H,5-6H2,1-4H3,(H2,12,16)(H,13,14). The van der Waals surface area contributed by atoms with Crippen LogP contribution in [0.2, 0.25) is 0 Å².